The monoisotopic (exact) mass is 218 g/mol. The molecule has 0 heterocycles. The lowest BCUT2D eigenvalue weighted by Gasteiger charge is -2.08. The van der Waals surface area contributed by atoms with Gasteiger partial charge in [0.2, 0.25) is 0 Å². The van der Waals surface area contributed by atoms with E-state index < -0.39 is 0 Å². The third-order valence-electron chi connectivity index (χ3n) is 3.69. The largest absolute Gasteiger partial charge is 0.497 e. The van der Waals surface area contributed by atoms with Crippen molar-refractivity contribution in [3.63, 3.8) is 0 Å². The van der Waals surface area contributed by atoms with E-state index in [1.165, 1.54) is 50.5 Å². The molecule has 0 radical (unpaired) electrons. The number of hydrogen-bond donors (Lipinski definition) is 0. The number of benzene rings is 1. The van der Waals surface area contributed by atoms with Crippen LogP contribution in [0.15, 0.2) is 24.3 Å². The van der Waals surface area contributed by atoms with E-state index in [1.54, 1.807) is 7.11 Å². The van der Waals surface area contributed by atoms with Crippen LogP contribution >= 0.6 is 0 Å². The van der Waals surface area contributed by atoms with Crippen molar-refractivity contribution in [1.82, 2.24) is 0 Å². The van der Waals surface area contributed by atoms with Crippen LogP contribution in [-0.4, -0.2) is 7.11 Å². The minimum atomic E-state index is 0.985. The average molecular weight is 218 g/mol. The summed E-state index contributed by atoms with van der Waals surface area (Å²) in [5, 5.41) is 0. The quantitative estimate of drug-likeness (QED) is 0.719. The smallest absolute Gasteiger partial charge is 0.119 e. The fraction of sp³-hybridized carbons (Fsp3) is 0.600. The summed E-state index contributed by atoms with van der Waals surface area (Å²) in [4.78, 5) is 0. The van der Waals surface area contributed by atoms with E-state index in [0.717, 1.165) is 11.7 Å². The maximum atomic E-state index is 5.23. The maximum Gasteiger partial charge on any atom is 0.119 e. The first-order valence-corrected chi connectivity index (χ1v) is 6.51. The Morgan fingerprint density at radius 1 is 1.25 bits per heavy atom. The van der Waals surface area contributed by atoms with E-state index in [2.05, 4.69) is 18.2 Å². The molecule has 0 aromatic heterocycles. The molecule has 0 N–H and O–H groups in total. The number of hydrogen-bond acceptors (Lipinski definition) is 1. The molecular weight excluding hydrogens is 196 g/mol. The lowest BCUT2D eigenvalue weighted by Crippen LogP contribution is -1.95. The first-order valence-electron chi connectivity index (χ1n) is 6.51. The van der Waals surface area contributed by atoms with E-state index >= 15 is 0 Å². The predicted molar refractivity (Wildman–Crippen MR) is 67.9 cm³/mol. The van der Waals surface area contributed by atoms with Crippen LogP contribution in [0.5, 0.6) is 5.75 Å². The highest BCUT2D eigenvalue weighted by Gasteiger charge is 2.13. The van der Waals surface area contributed by atoms with Crippen LogP contribution in [0.1, 0.15) is 44.1 Å². The minimum Gasteiger partial charge on any atom is -0.497 e. The molecule has 0 amide bonds. The Hall–Kier alpha value is -0.980. The molecule has 0 spiro atoms. The molecule has 0 bridgehead atoms. The summed E-state index contributed by atoms with van der Waals surface area (Å²) in [5.41, 5.74) is 1.41. The van der Waals surface area contributed by atoms with Crippen molar-refractivity contribution in [2.75, 3.05) is 7.11 Å². The van der Waals surface area contributed by atoms with Gasteiger partial charge in [0.1, 0.15) is 5.75 Å². The second-order valence-corrected chi connectivity index (χ2v) is 4.89. The molecular formula is C15H22O. The third-order valence-corrected chi connectivity index (χ3v) is 3.69. The third kappa shape index (κ3) is 3.26. The summed E-state index contributed by atoms with van der Waals surface area (Å²) in [7, 11) is 1.73. The van der Waals surface area contributed by atoms with Crippen molar-refractivity contribution in [3.05, 3.63) is 29.8 Å². The van der Waals surface area contributed by atoms with Crippen LogP contribution in [0.25, 0.3) is 0 Å². The Bertz CT molecular complexity index is 313. The number of rotatable bonds is 5. The number of aryl methyl sites for hydroxylation is 1. The Morgan fingerprint density at radius 3 is 2.81 bits per heavy atom. The predicted octanol–water partition coefficient (Wildman–Crippen LogP) is 4.21. The van der Waals surface area contributed by atoms with Crippen LogP contribution in [0.3, 0.4) is 0 Å². The molecule has 1 saturated carbocycles. The zero-order valence-electron chi connectivity index (χ0n) is 10.2. The first kappa shape index (κ1) is 11.5. The highest BCUT2D eigenvalue weighted by Crippen LogP contribution is 2.29. The van der Waals surface area contributed by atoms with Crippen LogP contribution in [0.2, 0.25) is 0 Å². The second kappa shape index (κ2) is 5.93. The van der Waals surface area contributed by atoms with Gasteiger partial charge in [-0.2, -0.15) is 0 Å². The highest BCUT2D eigenvalue weighted by atomic mass is 16.5. The Kier molecular flexibility index (Phi) is 4.26. The van der Waals surface area contributed by atoms with Gasteiger partial charge in [0.05, 0.1) is 7.11 Å². The summed E-state index contributed by atoms with van der Waals surface area (Å²) >= 11 is 0. The maximum absolute atomic E-state index is 5.23. The van der Waals surface area contributed by atoms with Crippen molar-refractivity contribution in [2.45, 2.75) is 44.9 Å². The molecule has 0 atom stereocenters. The van der Waals surface area contributed by atoms with Gasteiger partial charge in [-0.25, -0.2) is 0 Å². The van der Waals surface area contributed by atoms with Crippen LogP contribution in [0, 0.1) is 5.92 Å². The van der Waals surface area contributed by atoms with E-state index in [4.69, 9.17) is 4.74 Å². The van der Waals surface area contributed by atoms with Crippen molar-refractivity contribution in [3.8, 4) is 5.75 Å². The van der Waals surface area contributed by atoms with Gasteiger partial charge >= 0.3 is 0 Å². The molecule has 1 aromatic rings. The zero-order valence-corrected chi connectivity index (χ0v) is 10.2. The van der Waals surface area contributed by atoms with Crippen LogP contribution < -0.4 is 4.74 Å². The SMILES string of the molecule is COc1cccc(CCCC2CCCC2)c1. The topological polar surface area (TPSA) is 9.23 Å². The summed E-state index contributed by atoms with van der Waals surface area (Å²) in [5.74, 6) is 2.00. The molecule has 0 aliphatic heterocycles. The minimum absolute atomic E-state index is 0.985. The van der Waals surface area contributed by atoms with E-state index in [9.17, 15) is 0 Å². The van der Waals surface area contributed by atoms with Crippen molar-refractivity contribution in [1.29, 1.82) is 0 Å². The van der Waals surface area contributed by atoms with Crippen LogP contribution in [-0.2, 0) is 6.42 Å². The summed E-state index contributed by atoms with van der Waals surface area (Å²) < 4.78 is 5.23. The van der Waals surface area contributed by atoms with Crippen molar-refractivity contribution < 1.29 is 4.74 Å². The Morgan fingerprint density at radius 2 is 2.06 bits per heavy atom. The van der Waals surface area contributed by atoms with Gasteiger partial charge in [0.25, 0.3) is 0 Å². The fourth-order valence-corrected chi connectivity index (χ4v) is 2.72. The zero-order chi connectivity index (χ0) is 11.2. The molecule has 1 aliphatic rings. The summed E-state index contributed by atoms with van der Waals surface area (Å²) in [6, 6.07) is 8.47. The highest BCUT2D eigenvalue weighted by molar-refractivity contribution is 5.28. The van der Waals surface area contributed by atoms with E-state index in [0.29, 0.717) is 0 Å². The standard InChI is InChI=1S/C15H22O/c1-16-15-11-5-10-14(12-15)9-4-8-13-6-2-3-7-13/h5,10-13H,2-4,6-9H2,1H3. The number of methoxy groups -OCH3 is 1. The average Bonchev–Trinajstić information content (AvgIpc) is 2.82. The van der Waals surface area contributed by atoms with Crippen molar-refractivity contribution >= 4 is 0 Å². The normalized spacial score (nSPS) is 16.6. The molecule has 1 fully saturated rings. The molecule has 88 valence electrons. The van der Waals surface area contributed by atoms with E-state index in [-0.39, 0.29) is 0 Å². The molecule has 1 nitrogen and oxygen atoms in total. The van der Waals surface area contributed by atoms with Gasteiger partial charge in [-0.15, -0.1) is 0 Å². The van der Waals surface area contributed by atoms with Gasteiger partial charge in [0.15, 0.2) is 0 Å². The van der Waals surface area contributed by atoms with Gasteiger partial charge in [-0.1, -0.05) is 44.2 Å². The second-order valence-electron chi connectivity index (χ2n) is 4.89. The molecule has 2 rings (SSSR count). The van der Waals surface area contributed by atoms with E-state index in [1.807, 2.05) is 6.07 Å². The van der Waals surface area contributed by atoms with Gasteiger partial charge in [0, 0.05) is 0 Å². The Balaban J connectivity index is 1.75. The number of ether oxygens (including phenoxy) is 1. The van der Waals surface area contributed by atoms with Gasteiger partial charge in [-0.05, 0) is 36.5 Å². The molecule has 1 aliphatic carbocycles. The van der Waals surface area contributed by atoms with Crippen molar-refractivity contribution in [2.24, 2.45) is 5.92 Å². The molecule has 1 heteroatoms. The first-order chi connectivity index (χ1) is 7.88. The fourth-order valence-electron chi connectivity index (χ4n) is 2.72. The molecule has 16 heavy (non-hydrogen) atoms. The summed E-state index contributed by atoms with van der Waals surface area (Å²) in [6.45, 7) is 0. The van der Waals surface area contributed by atoms with Gasteiger partial charge in [-0.3, -0.25) is 0 Å². The van der Waals surface area contributed by atoms with Gasteiger partial charge < -0.3 is 4.74 Å². The molecule has 0 unspecified atom stereocenters. The Labute approximate surface area is 98.8 Å². The lowest BCUT2D eigenvalue weighted by molar-refractivity contribution is 0.414. The summed E-state index contributed by atoms with van der Waals surface area (Å²) in [6.07, 6.45) is 9.81. The van der Waals surface area contributed by atoms with Crippen LogP contribution in [0.4, 0.5) is 0 Å². The molecule has 0 saturated heterocycles. The lowest BCUT2D eigenvalue weighted by atomic mass is 9.98. The molecule has 1 aromatic carbocycles.